The van der Waals surface area contributed by atoms with E-state index in [1.54, 1.807) is 37.8 Å². The molecule has 1 aromatic rings. The molecule has 0 radical (unpaired) electrons. The van der Waals surface area contributed by atoms with Gasteiger partial charge < -0.3 is 25.4 Å². The predicted molar refractivity (Wildman–Crippen MR) is 136 cm³/mol. The Labute approximate surface area is 209 Å². The van der Waals surface area contributed by atoms with Crippen molar-refractivity contribution >= 4 is 17.9 Å². The van der Waals surface area contributed by atoms with Crippen LogP contribution in [0, 0.1) is 5.92 Å². The minimum Gasteiger partial charge on any atom is -0.508 e. The first kappa shape index (κ1) is 28.5. The van der Waals surface area contributed by atoms with Gasteiger partial charge in [-0.15, -0.1) is 0 Å². The third-order valence-corrected chi connectivity index (χ3v) is 6.15. The topological polar surface area (TPSA) is 108 Å². The number of phenols is 1. The summed E-state index contributed by atoms with van der Waals surface area (Å²) in [5.74, 6) is -0.835. The van der Waals surface area contributed by atoms with E-state index in [1.165, 1.54) is 12.1 Å². The van der Waals surface area contributed by atoms with Crippen molar-refractivity contribution in [3.8, 4) is 5.75 Å². The summed E-state index contributed by atoms with van der Waals surface area (Å²) in [5, 5.41) is 15.9. The Morgan fingerprint density at radius 3 is 2.29 bits per heavy atom. The first-order chi connectivity index (χ1) is 16.3. The van der Waals surface area contributed by atoms with Gasteiger partial charge in [-0.05, 0) is 77.0 Å². The lowest BCUT2D eigenvalue weighted by Crippen LogP contribution is -2.59. The number of nitrogens with one attached hydrogen (secondary N) is 2. The number of benzene rings is 1. The molecule has 0 aromatic heterocycles. The zero-order chi connectivity index (χ0) is 26.3. The van der Waals surface area contributed by atoms with E-state index in [1.807, 2.05) is 20.8 Å². The number of amides is 3. The molecule has 1 saturated carbocycles. The van der Waals surface area contributed by atoms with Gasteiger partial charge in [0.1, 0.15) is 23.4 Å². The van der Waals surface area contributed by atoms with E-state index in [0.717, 1.165) is 32.1 Å². The normalized spacial score (nSPS) is 16.6. The summed E-state index contributed by atoms with van der Waals surface area (Å²) in [6, 6.07) is 4.48. The Kier molecular flexibility index (Phi) is 9.98. The van der Waals surface area contributed by atoms with Crippen LogP contribution < -0.4 is 10.6 Å². The average Bonchev–Trinajstić information content (AvgIpc) is 2.68. The summed E-state index contributed by atoms with van der Waals surface area (Å²) in [6.45, 7) is 13.0. The molecular formula is C27H43N3O5. The van der Waals surface area contributed by atoms with Crippen LogP contribution in [0.25, 0.3) is 0 Å². The van der Waals surface area contributed by atoms with E-state index in [-0.39, 0.29) is 35.6 Å². The lowest BCUT2D eigenvalue weighted by atomic mass is 9.87. The molecule has 3 N–H and O–H groups in total. The van der Waals surface area contributed by atoms with Gasteiger partial charge in [0.15, 0.2) is 0 Å². The van der Waals surface area contributed by atoms with E-state index in [4.69, 9.17) is 4.74 Å². The number of ether oxygens (including phenoxy) is 1. The Hall–Kier alpha value is -2.77. The fourth-order valence-corrected chi connectivity index (χ4v) is 4.25. The molecule has 8 heteroatoms. The number of carbonyl (C=O) groups excluding carboxylic acids is 3. The van der Waals surface area contributed by atoms with Gasteiger partial charge in [0.25, 0.3) is 0 Å². The van der Waals surface area contributed by atoms with E-state index in [0.29, 0.717) is 5.56 Å². The number of rotatable bonds is 10. The summed E-state index contributed by atoms with van der Waals surface area (Å²) in [7, 11) is 0. The standard InChI is InChI=1S/C27H43N3O5/c1-8-11-18(4)28-24(32)23(19-12-9-15-21(31)16-19)30(20-13-10-14-20)25(33)22(17(2)3)29-26(34)35-27(5,6)7/h9,12,15-18,20,22-23,31H,8,10-11,13-14H2,1-7H3,(H,28,32)(H,29,34). The monoisotopic (exact) mass is 489 g/mol. The molecule has 3 amide bonds. The van der Waals surface area contributed by atoms with Gasteiger partial charge in [0.2, 0.25) is 11.8 Å². The first-order valence-corrected chi connectivity index (χ1v) is 12.7. The van der Waals surface area contributed by atoms with Crippen molar-refractivity contribution in [3.63, 3.8) is 0 Å². The van der Waals surface area contributed by atoms with Crippen molar-refractivity contribution in [1.82, 2.24) is 15.5 Å². The fourth-order valence-electron chi connectivity index (χ4n) is 4.25. The molecule has 3 atom stereocenters. The van der Waals surface area contributed by atoms with E-state index < -0.39 is 23.8 Å². The van der Waals surface area contributed by atoms with Gasteiger partial charge in [0.05, 0.1) is 0 Å². The summed E-state index contributed by atoms with van der Waals surface area (Å²) in [5.41, 5.74) is -0.173. The van der Waals surface area contributed by atoms with Gasteiger partial charge in [0, 0.05) is 12.1 Å². The molecule has 1 aromatic carbocycles. The van der Waals surface area contributed by atoms with Crippen LogP contribution in [-0.2, 0) is 14.3 Å². The summed E-state index contributed by atoms with van der Waals surface area (Å²) in [6.07, 6.45) is 3.56. The molecule has 0 aliphatic heterocycles. The molecule has 0 saturated heterocycles. The number of phenolic OH excluding ortho intramolecular Hbond substituents is 1. The van der Waals surface area contributed by atoms with Crippen molar-refractivity contribution < 1.29 is 24.2 Å². The lowest BCUT2D eigenvalue weighted by Gasteiger charge is -2.44. The number of alkyl carbamates (subject to hydrolysis) is 1. The Morgan fingerprint density at radius 2 is 1.80 bits per heavy atom. The average molecular weight is 490 g/mol. The zero-order valence-electron chi connectivity index (χ0n) is 22.3. The number of aromatic hydroxyl groups is 1. The van der Waals surface area contributed by atoms with Gasteiger partial charge in [-0.3, -0.25) is 9.59 Å². The largest absolute Gasteiger partial charge is 0.508 e. The molecular weight excluding hydrogens is 446 g/mol. The number of carbonyl (C=O) groups is 3. The van der Waals surface area contributed by atoms with Crippen LogP contribution in [0.3, 0.4) is 0 Å². The third-order valence-electron chi connectivity index (χ3n) is 6.15. The molecule has 3 unspecified atom stereocenters. The highest BCUT2D eigenvalue weighted by Gasteiger charge is 2.43. The van der Waals surface area contributed by atoms with Crippen LogP contribution in [0.2, 0.25) is 0 Å². The zero-order valence-corrected chi connectivity index (χ0v) is 22.3. The SMILES string of the molecule is CCCC(C)NC(=O)C(c1cccc(O)c1)N(C(=O)C(NC(=O)OC(C)(C)C)C(C)C)C1CCC1. The highest BCUT2D eigenvalue weighted by molar-refractivity contribution is 5.92. The Bertz CT molecular complexity index is 876. The minimum absolute atomic E-state index is 0.0233. The van der Waals surface area contributed by atoms with Crippen LogP contribution >= 0.6 is 0 Å². The summed E-state index contributed by atoms with van der Waals surface area (Å²) >= 11 is 0. The highest BCUT2D eigenvalue weighted by atomic mass is 16.6. The van der Waals surface area contributed by atoms with E-state index >= 15 is 0 Å². The third kappa shape index (κ3) is 8.15. The van der Waals surface area contributed by atoms with Crippen LogP contribution in [0.5, 0.6) is 5.75 Å². The molecule has 8 nitrogen and oxygen atoms in total. The second-order valence-electron chi connectivity index (χ2n) is 10.9. The maximum atomic E-state index is 14.0. The number of nitrogens with zero attached hydrogens (tertiary/aromatic N) is 1. The summed E-state index contributed by atoms with van der Waals surface area (Å²) in [4.78, 5) is 41.9. The van der Waals surface area contributed by atoms with Gasteiger partial charge >= 0.3 is 6.09 Å². The van der Waals surface area contributed by atoms with Crippen molar-refractivity contribution in [3.05, 3.63) is 29.8 Å². The minimum atomic E-state index is -0.930. The maximum absolute atomic E-state index is 14.0. The van der Waals surface area contributed by atoms with Crippen molar-refractivity contribution in [2.75, 3.05) is 0 Å². The van der Waals surface area contributed by atoms with Crippen molar-refractivity contribution in [2.24, 2.45) is 5.92 Å². The highest BCUT2D eigenvalue weighted by Crippen LogP contribution is 2.35. The van der Waals surface area contributed by atoms with Gasteiger partial charge in [-0.2, -0.15) is 0 Å². The maximum Gasteiger partial charge on any atom is 0.408 e. The quantitative estimate of drug-likeness (QED) is 0.443. The molecule has 35 heavy (non-hydrogen) atoms. The molecule has 0 spiro atoms. The Balaban J connectivity index is 2.46. The lowest BCUT2D eigenvalue weighted by molar-refractivity contribution is -0.148. The Morgan fingerprint density at radius 1 is 1.14 bits per heavy atom. The molecule has 2 rings (SSSR count). The van der Waals surface area contributed by atoms with Crippen molar-refractivity contribution in [1.29, 1.82) is 0 Å². The van der Waals surface area contributed by atoms with Gasteiger partial charge in [-0.1, -0.05) is 39.3 Å². The molecule has 1 aliphatic rings. The van der Waals surface area contributed by atoms with E-state index in [2.05, 4.69) is 17.6 Å². The van der Waals surface area contributed by atoms with Crippen LogP contribution in [0.4, 0.5) is 4.79 Å². The second kappa shape index (κ2) is 12.3. The molecule has 0 bridgehead atoms. The number of hydrogen-bond donors (Lipinski definition) is 3. The molecule has 1 aliphatic carbocycles. The van der Waals surface area contributed by atoms with Crippen molar-refractivity contribution in [2.45, 2.75) is 110 Å². The predicted octanol–water partition coefficient (Wildman–Crippen LogP) is 4.67. The molecule has 1 fully saturated rings. The van der Waals surface area contributed by atoms with Crippen LogP contribution in [0.15, 0.2) is 24.3 Å². The van der Waals surface area contributed by atoms with Crippen LogP contribution in [0.1, 0.15) is 92.2 Å². The first-order valence-electron chi connectivity index (χ1n) is 12.7. The molecule has 196 valence electrons. The summed E-state index contributed by atoms with van der Waals surface area (Å²) < 4.78 is 5.40. The number of hydrogen-bond acceptors (Lipinski definition) is 5. The van der Waals surface area contributed by atoms with Crippen LogP contribution in [-0.4, -0.2) is 51.6 Å². The molecule has 0 heterocycles. The van der Waals surface area contributed by atoms with Gasteiger partial charge in [-0.25, -0.2) is 4.79 Å². The second-order valence-corrected chi connectivity index (χ2v) is 10.9. The smallest absolute Gasteiger partial charge is 0.408 e. The van der Waals surface area contributed by atoms with E-state index in [9.17, 15) is 19.5 Å². The fraction of sp³-hybridized carbons (Fsp3) is 0.667.